The van der Waals surface area contributed by atoms with Crippen molar-refractivity contribution < 1.29 is 4.74 Å². The fourth-order valence-electron chi connectivity index (χ4n) is 0.903. The molecule has 0 amide bonds. The molecular weight excluding hydrogens is 221 g/mol. The standard InChI is InChI=1S/C10H13Cl2NO/c1-10(2,3)14-9-8(12)4-7(5-11)6-13-9/h4,6H,5H2,1-3H3. The minimum absolute atomic E-state index is 0.293. The summed E-state index contributed by atoms with van der Waals surface area (Å²) in [5, 5.41) is 0.498. The van der Waals surface area contributed by atoms with E-state index in [1.54, 1.807) is 12.3 Å². The maximum Gasteiger partial charge on any atom is 0.233 e. The molecule has 0 spiro atoms. The maximum atomic E-state index is 5.97. The lowest BCUT2D eigenvalue weighted by Gasteiger charge is -2.20. The summed E-state index contributed by atoms with van der Waals surface area (Å²) < 4.78 is 5.55. The third-order valence-electron chi connectivity index (χ3n) is 1.42. The average Bonchev–Trinajstić information content (AvgIpc) is 2.06. The summed E-state index contributed by atoms with van der Waals surface area (Å²) in [7, 11) is 0. The van der Waals surface area contributed by atoms with E-state index in [9.17, 15) is 0 Å². The number of halogens is 2. The van der Waals surface area contributed by atoms with Crippen LogP contribution in [0.3, 0.4) is 0 Å². The Bertz CT molecular complexity index is 320. The number of alkyl halides is 1. The van der Waals surface area contributed by atoms with Gasteiger partial charge in [-0.1, -0.05) is 11.6 Å². The van der Waals surface area contributed by atoms with Gasteiger partial charge in [0.05, 0.1) is 0 Å². The van der Waals surface area contributed by atoms with Crippen molar-refractivity contribution in [3.05, 3.63) is 22.8 Å². The Morgan fingerprint density at radius 2 is 2.07 bits per heavy atom. The SMILES string of the molecule is CC(C)(C)Oc1ncc(CCl)cc1Cl. The molecule has 78 valence electrons. The predicted octanol–water partition coefficient (Wildman–Crippen LogP) is 3.65. The highest BCUT2D eigenvalue weighted by molar-refractivity contribution is 6.32. The number of hydrogen-bond acceptors (Lipinski definition) is 2. The molecule has 0 saturated carbocycles. The topological polar surface area (TPSA) is 22.1 Å². The molecule has 0 unspecified atom stereocenters. The van der Waals surface area contributed by atoms with Gasteiger partial charge in [0.15, 0.2) is 0 Å². The smallest absolute Gasteiger partial charge is 0.233 e. The Hall–Kier alpha value is -0.470. The van der Waals surface area contributed by atoms with Gasteiger partial charge < -0.3 is 4.74 Å². The summed E-state index contributed by atoms with van der Waals surface area (Å²) in [6.07, 6.45) is 1.67. The van der Waals surface area contributed by atoms with Gasteiger partial charge in [-0.25, -0.2) is 4.98 Å². The molecule has 0 aromatic carbocycles. The number of nitrogens with zero attached hydrogens (tertiary/aromatic N) is 1. The van der Waals surface area contributed by atoms with Gasteiger partial charge in [0.1, 0.15) is 10.6 Å². The quantitative estimate of drug-likeness (QED) is 0.728. The van der Waals surface area contributed by atoms with E-state index in [4.69, 9.17) is 27.9 Å². The fourth-order valence-corrected chi connectivity index (χ4v) is 1.28. The minimum atomic E-state index is -0.293. The molecule has 0 N–H and O–H groups in total. The van der Waals surface area contributed by atoms with Crippen molar-refractivity contribution >= 4 is 23.2 Å². The largest absolute Gasteiger partial charge is 0.471 e. The van der Waals surface area contributed by atoms with Crippen molar-refractivity contribution in [3.63, 3.8) is 0 Å². The third kappa shape index (κ3) is 3.35. The van der Waals surface area contributed by atoms with Crippen LogP contribution in [0.15, 0.2) is 12.3 Å². The Balaban J connectivity index is 2.89. The van der Waals surface area contributed by atoms with Crippen LogP contribution in [0.1, 0.15) is 26.3 Å². The van der Waals surface area contributed by atoms with Crippen LogP contribution in [-0.4, -0.2) is 10.6 Å². The summed E-state index contributed by atoms with van der Waals surface area (Å²) >= 11 is 11.6. The van der Waals surface area contributed by atoms with E-state index in [1.165, 1.54) is 0 Å². The van der Waals surface area contributed by atoms with Crippen LogP contribution in [0.25, 0.3) is 0 Å². The monoisotopic (exact) mass is 233 g/mol. The number of rotatable bonds is 2. The van der Waals surface area contributed by atoms with Gasteiger partial charge in [-0.2, -0.15) is 0 Å². The highest BCUT2D eigenvalue weighted by Crippen LogP contribution is 2.26. The van der Waals surface area contributed by atoms with Gasteiger partial charge >= 0.3 is 0 Å². The Morgan fingerprint density at radius 3 is 2.50 bits per heavy atom. The van der Waals surface area contributed by atoms with Crippen molar-refractivity contribution in [2.24, 2.45) is 0 Å². The molecule has 0 aliphatic carbocycles. The number of hydrogen-bond donors (Lipinski definition) is 0. The molecule has 1 rings (SSSR count). The van der Waals surface area contributed by atoms with Crippen LogP contribution >= 0.6 is 23.2 Å². The predicted molar refractivity (Wildman–Crippen MR) is 59.2 cm³/mol. The van der Waals surface area contributed by atoms with E-state index >= 15 is 0 Å². The summed E-state index contributed by atoms with van der Waals surface area (Å²) in [6, 6.07) is 1.77. The first-order valence-corrected chi connectivity index (χ1v) is 5.23. The fraction of sp³-hybridized carbons (Fsp3) is 0.500. The zero-order valence-electron chi connectivity index (χ0n) is 8.47. The Kier molecular flexibility index (Phi) is 3.62. The van der Waals surface area contributed by atoms with Gasteiger partial charge in [0.25, 0.3) is 0 Å². The van der Waals surface area contributed by atoms with Crippen LogP contribution in [0.5, 0.6) is 5.88 Å². The van der Waals surface area contributed by atoms with Crippen LogP contribution in [0.2, 0.25) is 5.02 Å². The van der Waals surface area contributed by atoms with E-state index in [1.807, 2.05) is 20.8 Å². The number of aromatic nitrogens is 1. The van der Waals surface area contributed by atoms with E-state index in [0.717, 1.165) is 5.56 Å². The first-order chi connectivity index (χ1) is 6.42. The van der Waals surface area contributed by atoms with Gasteiger partial charge in [0.2, 0.25) is 5.88 Å². The van der Waals surface area contributed by atoms with Crippen LogP contribution < -0.4 is 4.74 Å². The second-order valence-electron chi connectivity index (χ2n) is 3.98. The van der Waals surface area contributed by atoms with Gasteiger partial charge in [-0.05, 0) is 32.4 Å². The molecule has 4 heteroatoms. The molecule has 0 aliphatic rings. The number of pyridine rings is 1. The maximum absolute atomic E-state index is 5.97. The number of ether oxygens (including phenoxy) is 1. The lowest BCUT2D eigenvalue weighted by atomic mass is 10.2. The minimum Gasteiger partial charge on any atom is -0.471 e. The van der Waals surface area contributed by atoms with Crippen molar-refractivity contribution in [3.8, 4) is 5.88 Å². The first-order valence-electron chi connectivity index (χ1n) is 4.32. The van der Waals surface area contributed by atoms with Crippen molar-refractivity contribution in [1.29, 1.82) is 0 Å². The molecule has 0 aliphatic heterocycles. The van der Waals surface area contributed by atoms with Gasteiger partial charge in [0, 0.05) is 12.1 Å². The van der Waals surface area contributed by atoms with E-state index in [-0.39, 0.29) is 5.60 Å². The Morgan fingerprint density at radius 1 is 1.43 bits per heavy atom. The summed E-state index contributed by atoms with van der Waals surface area (Å²) in [5.74, 6) is 0.857. The van der Waals surface area contributed by atoms with Crippen molar-refractivity contribution in [1.82, 2.24) is 4.98 Å². The van der Waals surface area contributed by atoms with E-state index in [0.29, 0.717) is 16.8 Å². The molecule has 1 heterocycles. The summed E-state index contributed by atoms with van der Waals surface area (Å²) in [6.45, 7) is 5.83. The van der Waals surface area contributed by atoms with Crippen molar-refractivity contribution in [2.45, 2.75) is 32.3 Å². The highest BCUT2D eigenvalue weighted by atomic mass is 35.5. The first kappa shape index (κ1) is 11.6. The molecule has 0 radical (unpaired) electrons. The molecule has 0 saturated heterocycles. The average molecular weight is 234 g/mol. The lowest BCUT2D eigenvalue weighted by molar-refractivity contribution is 0.124. The van der Waals surface area contributed by atoms with Crippen LogP contribution in [-0.2, 0) is 5.88 Å². The highest BCUT2D eigenvalue weighted by Gasteiger charge is 2.15. The molecule has 1 aromatic rings. The van der Waals surface area contributed by atoms with Crippen LogP contribution in [0.4, 0.5) is 0 Å². The van der Waals surface area contributed by atoms with Crippen LogP contribution in [0, 0.1) is 0 Å². The second-order valence-corrected chi connectivity index (χ2v) is 4.65. The third-order valence-corrected chi connectivity index (χ3v) is 2.00. The molecule has 14 heavy (non-hydrogen) atoms. The Labute approximate surface area is 94.2 Å². The molecule has 0 bridgehead atoms. The lowest BCUT2D eigenvalue weighted by Crippen LogP contribution is -2.23. The molecule has 1 aromatic heterocycles. The molecular formula is C10H13Cl2NO. The normalized spacial score (nSPS) is 11.5. The molecule has 2 nitrogen and oxygen atoms in total. The van der Waals surface area contributed by atoms with Crippen molar-refractivity contribution in [2.75, 3.05) is 0 Å². The zero-order valence-corrected chi connectivity index (χ0v) is 9.99. The molecule has 0 atom stereocenters. The summed E-state index contributed by atoms with van der Waals surface area (Å²) in [4.78, 5) is 4.10. The molecule has 0 fully saturated rings. The summed E-state index contributed by atoms with van der Waals surface area (Å²) in [5.41, 5.74) is 0.594. The van der Waals surface area contributed by atoms with E-state index < -0.39 is 0 Å². The second kappa shape index (κ2) is 4.37. The van der Waals surface area contributed by atoms with Gasteiger partial charge in [-0.15, -0.1) is 11.6 Å². The van der Waals surface area contributed by atoms with E-state index in [2.05, 4.69) is 4.98 Å². The van der Waals surface area contributed by atoms with Gasteiger partial charge in [-0.3, -0.25) is 0 Å². The zero-order chi connectivity index (χ0) is 10.8.